The van der Waals surface area contributed by atoms with Crippen molar-refractivity contribution in [2.24, 2.45) is 0 Å². The van der Waals surface area contributed by atoms with Crippen molar-refractivity contribution in [3.05, 3.63) is 62.7 Å². The molecule has 2 aromatic carbocycles. The van der Waals surface area contributed by atoms with Gasteiger partial charge in [-0.15, -0.1) is 0 Å². The number of carbonyl (C=O) groups is 1. The van der Waals surface area contributed by atoms with Crippen LogP contribution < -0.4 is 10.2 Å². The molecule has 0 radical (unpaired) electrons. The lowest BCUT2D eigenvalue weighted by molar-refractivity contribution is -0.144. The fourth-order valence-corrected chi connectivity index (χ4v) is 2.57. The van der Waals surface area contributed by atoms with Crippen LogP contribution in [0.15, 0.2) is 51.7 Å². The second-order valence-electron chi connectivity index (χ2n) is 5.34. The molecule has 5 nitrogen and oxygen atoms in total. The highest BCUT2D eigenvalue weighted by Gasteiger charge is 2.22. The molecule has 128 valence electrons. The smallest absolute Gasteiger partial charge is 0.344 e. The van der Waals surface area contributed by atoms with Crippen molar-refractivity contribution in [2.75, 3.05) is 0 Å². The average Bonchev–Trinajstić information content (AvgIpc) is 2.58. The Bertz CT molecular complexity index is 1010. The van der Waals surface area contributed by atoms with Crippen molar-refractivity contribution in [3.8, 4) is 17.1 Å². The number of benzene rings is 2. The van der Waals surface area contributed by atoms with Gasteiger partial charge < -0.3 is 14.3 Å². The largest absolute Gasteiger partial charge is 0.479 e. The number of carboxylic acids is 1. The predicted octanol–water partition coefficient (Wildman–Crippen LogP) is 4.62. The highest BCUT2D eigenvalue weighted by molar-refractivity contribution is 6.31. The minimum absolute atomic E-state index is 0.129. The molecule has 1 heterocycles. The van der Waals surface area contributed by atoms with Gasteiger partial charge >= 0.3 is 5.97 Å². The van der Waals surface area contributed by atoms with Crippen molar-refractivity contribution in [3.63, 3.8) is 0 Å². The molecule has 0 saturated carbocycles. The molecule has 7 heteroatoms. The molecular weight excluding hydrogens is 367 g/mol. The molecule has 0 saturated heterocycles. The van der Waals surface area contributed by atoms with Gasteiger partial charge in [-0.2, -0.15) is 0 Å². The number of carboxylic acid groups (broad SMARTS) is 1. The molecular formula is C18H12Cl2O5. The summed E-state index contributed by atoms with van der Waals surface area (Å²) in [6.07, 6.45) is -1.23. The third-order valence-corrected chi connectivity index (χ3v) is 4.05. The van der Waals surface area contributed by atoms with Gasteiger partial charge in [0.1, 0.15) is 5.58 Å². The summed E-state index contributed by atoms with van der Waals surface area (Å²) in [5.41, 5.74) is 0.349. The molecule has 0 fully saturated rings. The lowest BCUT2D eigenvalue weighted by Crippen LogP contribution is -2.26. The molecule has 25 heavy (non-hydrogen) atoms. The Morgan fingerprint density at radius 1 is 1.12 bits per heavy atom. The van der Waals surface area contributed by atoms with E-state index in [0.717, 1.165) is 0 Å². The Hall–Kier alpha value is -2.50. The normalized spacial score (nSPS) is 12.1. The summed E-state index contributed by atoms with van der Waals surface area (Å²) >= 11 is 11.8. The zero-order valence-electron chi connectivity index (χ0n) is 13.0. The second kappa shape index (κ2) is 6.78. The van der Waals surface area contributed by atoms with Crippen LogP contribution in [-0.4, -0.2) is 17.2 Å². The molecule has 0 unspecified atom stereocenters. The van der Waals surface area contributed by atoms with Gasteiger partial charge in [0.15, 0.2) is 11.9 Å². The molecule has 3 aromatic rings. The van der Waals surface area contributed by atoms with E-state index < -0.39 is 17.5 Å². The van der Waals surface area contributed by atoms with Crippen LogP contribution in [0, 0.1) is 0 Å². The van der Waals surface area contributed by atoms with Gasteiger partial charge in [0, 0.05) is 15.6 Å². The quantitative estimate of drug-likeness (QED) is 0.716. The topological polar surface area (TPSA) is 76.7 Å². The number of ether oxygens (including phenoxy) is 1. The Morgan fingerprint density at radius 2 is 1.76 bits per heavy atom. The van der Waals surface area contributed by atoms with Gasteiger partial charge in [0.05, 0.1) is 5.39 Å². The van der Waals surface area contributed by atoms with Crippen LogP contribution in [0.3, 0.4) is 0 Å². The summed E-state index contributed by atoms with van der Waals surface area (Å²) in [6.45, 7) is 1.33. The first kappa shape index (κ1) is 17.3. The SMILES string of the molecule is C[C@@H](Oc1c(-c2ccc(Cl)cc2)oc2ccc(Cl)cc2c1=O)C(=O)O. The number of fused-ring (bicyclic) bond motifs is 1. The highest BCUT2D eigenvalue weighted by atomic mass is 35.5. The number of rotatable bonds is 4. The molecule has 0 aliphatic rings. The summed E-state index contributed by atoms with van der Waals surface area (Å²) in [4.78, 5) is 24.0. The minimum Gasteiger partial charge on any atom is -0.479 e. The summed E-state index contributed by atoms with van der Waals surface area (Å²) in [7, 11) is 0. The molecule has 0 spiro atoms. The monoisotopic (exact) mass is 378 g/mol. The summed E-state index contributed by atoms with van der Waals surface area (Å²) in [5.74, 6) is -1.26. The standard InChI is InChI=1S/C18H12Cl2O5/c1-9(18(22)23)24-17-15(21)13-8-12(20)6-7-14(13)25-16(17)10-2-4-11(19)5-3-10/h2-9H,1H3,(H,22,23)/t9-/m1/s1. The maximum atomic E-state index is 12.8. The van der Waals surface area contributed by atoms with E-state index in [1.54, 1.807) is 36.4 Å². The highest BCUT2D eigenvalue weighted by Crippen LogP contribution is 2.32. The number of halogens is 2. The first-order valence-electron chi connectivity index (χ1n) is 7.28. The predicted molar refractivity (Wildman–Crippen MR) is 95.7 cm³/mol. The van der Waals surface area contributed by atoms with E-state index in [1.165, 1.54) is 13.0 Å². The van der Waals surface area contributed by atoms with Crippen molar-refractivity contribution in [2.45, 2.75) is 13.0 Å². The Balaban J connectivity index is 2.29. The third-order valence-electron chi connectivity index (χ3n) is 3.56. The first-order chi connectivity index (χ1) is 11.9. The fraction of sp³-hybridized carbons (Fsp3) is 0.111. The minimum atomic E-state index is -1.23. The zero-order chi connectivity index (χ0) is 18.1. The molecule has 0 aliphatic heterocycles. The van der Waals surface area contributed by atoms with E-state index in [0.29, 0.717) is 21.2 Å². The summed E-state index contributed by atoms with van der Waals surface area (Å²) in [6, 6.07) is 11.2. The molecule has 3 rings (SSSR count). The van der Waals surface area contributed by atoms with Gasteiger partial charge in [-0.05, 0) is 49.4 Å². The molecule has 1 aromatic heterocycles. The molecule has 0 amide bonds. The van der Waals surface area contributed by atoms with E-state index in [2.05, 4.69) is 0 Å². The van der Waals surface area contributed by atoms with Crippen molar-refractivity contribution in [1.82, 2.24) is 0 Å². The van der Waals surface area contributed by atoms with Gasteiger partial charge in [-0.1, -0.05) is 23.2 Å². The maximum absolute atomic E-state index is 12.8. The van der Waals surface area contributed by atoms with Crippen LogP contribution in [0.2, 0.25) is 10.0 Å². The van der Waals surface area contributed by atoms with E-state index in [9.17, 15) is 9.59 Å². The van der Waals surface area contributed by atoms with Crippen molar-refractivity contribution in [1.29, 1.82) is 0 Å². The molecule has 1 atom stereocenters. The number of hydrogen-bond acceptors (Lipinski definition) is 4. The van der Waals surface area contributed by atoms with Crippen LogP contribution in [0.1, 0.15) is 6.92 Å². The van der Waals surface area contributed by atoms with Crippen LogP contribution in [0.25, 0.3) is 22.3 Å². The van der Waals surface area contributed by atoms with E-state index in [1.807, 2.05) is 0 Å². The van der Waals surface area contributed by atoms with Crippen molar-refractivity contribution >= 4 is 40.1 Å². The lowest BCUT2D eigenvalue weighted by atomic mass is 10.1. The van der Waals surface area contributed by atoms with E-state index >= 15 is 0 Å². The van der Waals surface area contributed by atoms with Crippen LogP contribution in [0.4, 0.5) is 0 Å². The first-order valence-corrected chi connectivity index (χ1v) is 8.04. The summed E-state index contributed by atoms with van der Waals surface area (Å²) in [5, 5.41) is 10.2. The maximum Gasteiger partial charge on any atom is 0.344 e. The molecule has 0 aliphatic carbocycles. The zero-order valence-corrected chi connectivity index (χ0v) is 14.5. The molecule has 0 bridgehead atoms. The number of aliphatic carboxylic acids is 1. The third kappa shape index (κ3) is 3.48. The molecule has 1 N–H and O–H groups in total. The Labute approximate surface area is 152 Å². The van der Waals surface area contributed by atoms with Gasteiger partial charge in [0.25, 0.3) is 0 Å². The average molecular weight is 379 g/mol. The van der Waals surface area contributed by atoms with E-state index in [-0.39, 0.29) is 16.9 Å². The second-order valence-corrected chi connectivity index (χ2v) is 6.21. The Morgan fingerprint density at radius 3 is 2.40 bits per heavy atom. The Kier molecular flexibility index (Phi) is 4.70. The van der Waals surface area contributed by atoms with Gasteiger partial charge in [-0.25, -0.2) is 4.79 Å². The fourth-order valence-electron chi connectivity index (χ4n) is 2.28. The van der Waals surface area contributed by atoms with Crippen LogP contribution in [0.5, 0.6) is 5.75 Å². The van der Waals surface area contributed by atoms with Crippen LogP contribution in [-0.2, 0) is 4.79 Å². The van der Waals surface area contributed by atoms with Gasteiger partial charge in [0.2, 0.25) is 11.2 Å². The lowest BCUT2D eigenvalue weighted by Gasteiger charge is -2.14. The van der Waals surface area contributed by atoms with Crippen molar-refractivity contribution < 1.29 is 19.1 Å². The van der Waals surface area contributed by atoms with E-state index in [4.69, 9.17) is 37.5 Å². The van der Waals surface area contributed by atoms with Gasteiger partial charge in [-0.3, -0.25) is 4.79 Å². The number of hydrogen-bond donors (Lipinski definition) is 1. The summed E-state index contributed by atoms with van der Waals surface area (Å²) < 4.78 is 11.2. The van der Waals surface area contributed by atoms with Crippen LogP contribution >= 0.6 is 23.2 Å².